The molecule has 3 aromatic rings. The van der Waals surface area contributed by atoms with E-state index in [-0.39, 0.29) is 5.82 Å². The molecule has 22 heavy (non-hydrogen) atoms. The van der Waals surface area contributed by atoms with Crippen molar-refractivity contribution in [3.05, 3.63) is 66.4 Å². The fraction of sp³-hybridized carbons (Fsp3) is 0.0667. The number of rotatable bonds is 5. The van der Waals surface area contributed by atoms with Crippen LogP contribution in [0.25, 0.3) is 0 Å². The van der Waals surface area contributed by atoms with E-state index >= 15 is 0 Å². The molecule has 0 spiro atoms. The molecule has 0 radical (unpaired) electrons. The summed E-state index contributed by atoms with van der Waals surface area (Å²) in [5.41, 5.74) is 1.74. The van der Waals surface area contributed by atoms with Gasteiger partial charge in [0, 0.05) is 24.6 Å². The lowest BCUT2D eigenvalue weighted by Crippen LogP contribution is -2.06. The number of anilines is 3. The second kappa shape index (κ2) is 6.57. The smallest absolute Gasteiger partial charge is 0.244 e. The van der Waals surface area contributed by atoms with Crippen molar-refractivity contribution in [1.82, 2.24) is 20.2 Å². The highest BCUT2D eigenvalue weighted by molar-refractivity contribution is 5.55. The number of aromatic nitrogens is 4. The molecule has 7 heteroatoms. The van der Waals surface area contributed by atoms with E-state index in [0.29, 0.717) is 18.3 Å². The molecular formula is C15H13FN6. The Morgan fingerprint density at radius 3 is 2.68 bits per heavy atom. The second-order valence-electron chi connectivity index (χ2n) is 4.51. The van der Waals surface area contributed by atoms with Crippen LogP contribution in [0.5, 0.6) is 0 Å². The summed E-state index contributed by atoms with van der Waals surface area (Å²) in [5.74, 6) is 0.636. The molecule has 0 aliphatic rings. The fourth-order valence-corrected chi connectivity index (χ4v) is 1.80. The molecule has 6 nitrogen and oxygen atoms in total. The molecule has 1 aromatic carbocycles. The average Bonchev–Trinajstić information content (AvgIpc) is 2.57. The molecule has 110 valence electrons. The Kier molecular flexibility index (Phi) is 4.15. The van der Waals surface area contributed by atoms with Gasteiger partial charge in [0.1, 0.15) is 5.82 Å². The number of pyridine rings is 1. The standard InChI is InChI=1S/C15H13FN6/c16-12-3-5-13(6-4-12)20-14-10-19-22-15(21-14)18-9-11-2-1-7-17-8-11/h1-8,10H,9H2,(H2,18,20,21,22). The van der Waals surface area contributed by atoms with Crippen LogP contribution in [0.3, 0.4) is 0 Å². The van der Waals surface area contributed by atoms with E-state index in [2.05, 4.69) is 30.8 Å². The van der Waals surface area contributed by atoms with Gasteiger partial charge in [-0.05, 0) is 35.9 Å². The largest absolute Gasteiger partial charge is 0.349 e. The number of nitrogens with zero attached hydrogens (tertiary/aromatic N) is 4. The SMILES string of the molecule is Fc1ccc(Nc2cnnc(NCc3cccnc3)n2)cc1. The number of benzene rings is 1. The first-order valence-electron chi connectivity index (χ1n) is 6.65. The minimum Gasteiger partial charge on any atom is -0.349 e. The molecule has 2 aromatic heterocycles. The van der Waals surface area contributed by atoms with E-state index in [1.807, 2.05) is 12.1 Å². The molecule has 0 fully saturated rings. The molecule has 0 saturated heterocycles. The Balaban J connectivity index is 1.66. The quantitative estimate of drug-likeness (QED) is 0.754. The summed E-state index contributed by atoms with van der Waals surface area (Å²) in [4.78, 5) is 8.33. The zero-order valence-corrected chi connectivity index (χ0v) is 11.6. The van der Waals surface area contributed by atoms with Gasteiger partial charge in [-0.3, -0.25) is 4.98 Å². The minimum atomic E-state index is -0.287. The Labute approximate surface area is 126 Å². The van der Waals surface area contributed by atoms with Crippen molar-refractivity contribution in [3.63, 3.8) is 0 Å². The maximum absolute atomic E-state index is 12.9. The number of nitrogens with one attached hydrogen (secondary N) is 2. The van der Waals surface area contributed by atoms with Crippen molar-refractivity contribution >= 4 is 17.5 Å². The molecule has 0 aliphatic heterocycles. The van der Waals surface area contributed by atoms with E-state index in [4.69, 9.17) is 0 Å². The van der Waals surface area contributed by atoms with Crippen molar-refractivity contribution < 1.29 is 4.39 Å². The lowest BCUT2D eigenvalue weighted by molar-refractivity contribution is 0.628. The van der Waals surface area contributed by atoms with Crippen LogP contribution in [-0.2, 0) is 6.54 Å². The zero-order chi connectivity index (χ0) is 15.2. The maximum Gasteiger partial charge on any atom is 0.244 e. The third kappa shape index (κ3) is 3.72. The minimum absolute atomic E-state index is 0.287. The Bertz CT molecular complexity index is 733. The van der Waals surface area contributed by atoms with Crippen LogP contribution in [0.2, 0.25) is 0 Å². The van der Waals surface area contributed by atoms with Crippen molar-refractivity contribution in [1.29, 1.82) is 0 Å². The van der Waals surface area contributed by atoms with Gasteiger partial charge in [-0.2, -0.15) is 10.1 Å². The van der Waals surface area contributed by atoms with E-state index < -0.39 is 0 Å². The van der Waals surface area contributed by atoms with Gasteiger partial charge in [-0.25, -0.2) is 4.39 Å². The lowest BCUT2D eigenvalue weighted by Gasteiger charge is -2.07. The lowest BCUT2D eigenvalue weighted by atomic mass is 10.3. The summed E-state index contributed by atoms with van der Waals surface area (Å²) in [7, 11) is 0. The number of halogens is 1. The van der Waals surface area contributed by atoms with Gasteiger partial charge in [-0.15, -0.1) is 5.10 Å². The third-order valence-corrected chi connectivity index (χ3v) is 2.85. The van der Waals surface area contributed by atoms with Crippen molar-refractivity contribution in [2.45, 2.75) is 6.54 Å². The van der Waals surface area contributed by atoms with Gasteiger partial charge in [0.25, 0.3) is 0 Å². The summed E-state index contributed by atoms with van der Waals surface area (Å²) in [6.45, 7) is 0.551. The molecule has 3 rings (SSSR count). The molecule has 0 amide bonds. The normalized spacial score (nSPS) is 10.2. The van der Waals surface area contributed by atoms with Crippen LogP contribution in [0.4, 0.5) is 21.8 Å². The van der Waals surface area contributed by atoms with Crippen LogP contribution in [-0.4, -0.2) is 20.2 Å². The van der Waals surface area contributed by atoms with Crippen LogP contribution in [0, 0.1) is 5.82 Å². The van der Waals surface area contributed by atoms with Gasteiger partial charge < -0.3 is 10.6 Å². The fourth-order valence-electron chi connectivity index (χ4n) is 1.80. The van der Waals surface area contributed by atoms with Crippen molar-refractivity contribution in [3.8, 4) is 0 Å². The zero-order valence-electron chi connectivity index (χ0n) is 11.6. The summed E-state index contributed by atoms with van der Waals surface area (Å²) >= 11 is 0. The van der Waals surface area contributed by atoms with Gasteiger partial charge in [0.2, 0.25) is 5.95 Å². The average molecular weight is 296 g/mol. The second-order valence-corrected chi connectivity index (χ2v) is 4.51. The van der Waals surface area contributed by atoms with Crippen LogP contribution in [0.15, 0.2) is 55.0 Å². The van der Waals surface area contributed by atoms with Crippen LogP contribution >= 0.6 is 0 Å². The van der Waals surface area contributed by atoms with Gasteiger partial charge in [0.05, 0.1) is 6.20 Å². The summed E-state index contributed by atoms with van der Waals surface area (Å²) in [6, 6.07) is 9.81. The number of hydrogen-bond acceptors (Lipinski definition) is 6. The topological polar surface area (TPSA) is 75.6 Å². The molecule has 0 aliphatic carbocycles. The van der Waals surface area contributed by atoms with E-state index in [1.54, 1.807) is 24.5 Å². The van der Waals surface area contributed by atoms with Crippen molar-refractivity contribution in [2.24, 2.45) is 0 Å². The first-order chi connectivity index (χ1) is 10.8. The monoisotopic (exact) mass is 296 g/mol. The predicted molar refractivity (Wildman–Crippen MR) is 81.1 cm³/mol. The Morgan fingerprint density at radius 1 is 1.05 bits per heavy atom. The molecule has 0 unspecified atom stereocenters. The molecular weight excluding hydrogens is 283 g/mol. The maximum atomic E-state index is 12.9. The molecule has 0 atom stereocenters. The highest BCUT2D eigenvalue weighted by Crippen LogP contribution is 2.14. The Hall–Kier alpha value is -3.09. The van der Waals surface area contributed by atoms with Gasteiger partial charge in [0.15, 0.2) is 5.82 Å². The van der Waals surface area contributed by atoms with E-state index in [1.165, 1.54) is 18.3 Å². The highest BCUT2D eigenvalue weighted by atomic mass is 19.1. The predicted octanol–water partition coefficient (Wildman–Crippen LogP) is 2.76. The molecule has 2 N–H and O–H groups in total. The number of hydrogen-bond donors (Lipinski definition) is 2. The summed E-state index contributed by atoms with van der Waals surface area (Å²) in [6.07, 6.45) is 4.98. The van der Waals surface area contributed by atoms with E-state index in [9.17, 15) is 4.39 Å². The molecule has 2 heterocycles. The van der Waals surface area contributed by atoms with Crippen LogP contribution < -0.4 is 10.6 Å². The van der Waals surface area contributed by atoms with Gasteiger partial charge in [-0.1, -0.05) is 6.07 Å². The first kappa shape index (κ1) is 13.9. The summed E-state index contributed by atoms with van der Waals surface area (Å²) < 4.78 is 12.9. The molecule has 0 bridgehead atoms. The Morgan fingerprint density at radius 2 is 1.91 bits per heavy atom. The van der Waals surface area contributed by atoms with Gasteiger partial charge >= 0.3 is 0 Å². The molecule has 0 saturated carbocycles. The summed E-state index contributed by atoms with van der Waals surface area (Å²) in [5, 5.41) is 13.9. The first-order valence-corrected chi connectivity index (χ1v) is 6.65. The van der Waals surface area contributed by atoms with Crippen molar-refractivity contribution in [2.75, 3.05) is 10.6 Å². The highest BCUT2D eigenvalue weighted by Gasteiger charge is 2.02. The van der Waals surface area contributed by atoms with Crippen LogP contribution in [0.1, 0.15) is 5.56 Å². The van der Waals surface area contributed by atoms with E-state index in [0.717, 1.165) is 11.3 Å². The third-order valence-electron chi connectivity index (χ3n) is 2.85.